The maximum atomic E-state index is 12.1. The number of para-hydroxylation sites is 1. The number of urea groups is 1. The van der Waals surface area contributed by atoms with Crippen LogP contribution in [0.25, 0.3) is 0 Å². The van der Waals surface area contributed by atoms with Crippen molar-refractivity contribution >= 4 is 23.3 Å². The first kappa shape index (κ1) is 17.9. The van der Waals surface area contributed by atoms with Gasteiger partial charge in [0.1, 0.15) is 6.10 Å². The van der Waals surface area contributed by atoms with E-state index in [1.165, 1.54) is 0 Å². The van der Waals surface area contributed by atoms with Gasteiger partial charge in [-0.05, 0) is 49.6 Å². The molecule has 0 aliphatic carbocycles. The zero-order valence-corrected chi connectivity index (χ0v) is 14.7. The predicted octanol–water partition coefficient (Wildman–Crippen LogP) is 3.69. The van der Waals surface area contributed by atoms with E-state index in [-0.39, 0.29) is 24.1 Å². The Morgan fingerprint density at radius 2 is 1.65 bits per heavy atom. The molecule has 2 atom stereocenters. The van der Waals surface area contributed by atoms with E-state index in [9.17, 15) is 9.59 Å². The Kier molecular flexibility index (Phi) is 5.86. The highest BCUT2D eigenvalue weighted by Gasteiger charge is 2.24. The van der Waals surface area contributed by atoms with E-state index in [1.54, 1.807) is 0 Å². The van der Waals surface area contributed by atoms with Crippen LogP contribution in [0.5, 0.6) is 0 Å². The Morgan fingerprint density at radius 1 is 1.00 bits per heavy atom. The largest absolute Gasteiger partial charge is 0.368 e. The lowest BCUT2D eigenvalue weighted by Crippen LogP contribution is -2.35. The molecule has 1 fully saturated rings. The van der Waals surface area contributed by atoms with E-state index in [1.807, 2.05) is 61.5 Å². The van der Waals surface area contributed by atoms with Crippen LogP contribution >= 0.6 is 0 Å². The Hall–Kier alpha value is -2.86. The summed E-state index contributed by atoms with van der Waals surface area (Å²) < 4.78 is 5.40. The zero-order chi connectivity index (χ0) is 18.4. The highest BCUT2D eigenvalue weighted by atomic mass is 16.5. The first-order valence-electron chi connectivity index (χ1n) is 8.77. The van der Waals surface area contributed by atoms with Crippen LogP contribution in [0.15, 0.2) is 54.6 Å². The summed E-state index contributed by atoms with van der Waals surface area (Å²) in [6, 6.07) is 16.2. The van der Waals surface area contributed by atoms with E-state index in [0.29, 0.717) is 12.3 Å². The molecule has 0 saturated carbocycles. The molecule has 0 radical (unpaired) electrons. The second-order valence-electron chi connectivity index (χ2n) is 6.30. The Balaban J connectivity index is 1.52. The van der Waals surface area contributed by atoms with Crippen LogP contribution in [0.4, 0.5) is 16.2 Å². The molecule has 0 aromatic heterocycles. The lowest BCUT2D eigenvalue weighted by Gasteiger charge is -2.17. The van der Waals surface area contributed by atoms with Gasteiger partial charge in [0.25, 0.3) is 0 Å². The number of rotatable bonds is 5. The molecule has 1 aliphatic rings. The van der Waals surface area contributed by atoms with Crippen molar-refractivity contribution in [1.29, 1.82) is 0 Å². The Labute approximate surface area is 152 Å². The monoisotopic (exact) mass is 353 g/mol. The van der Waals surface area contributed by atoms with Crippen LogP contribution in [0.1, 0.15) is 31.4 Å². The van der Waals surface area contributed by atoms with E-state index in [4.69, 9.17) is 4.74 Å². The predicted molar refractivity (Wildman–Crippen MR) is 101 cm³/mol. The minimum absolute atomic E-state index is 0.0700. The molecule has 136 valence electrons. The third-order valence-corrected chi connectivity index (χ3v) is 4.28. The van der Waals surface area contributed by atoms with Crippen molar-refractivity contribution in [3.63, 3.8) is 0 Å². The van der Waals surface area contributed by atoms with Crippen LogP contribution in [-0.2, 0) is 9.53 Å². The average molecular weight is 353 g/mol. The molecule has 2 aromatic rings. The smallest absolute Gasteiger partial charge is 0.323 e. The van der Waals surface area contributed by atoms with Crippen molar-refractivity contribution in [2.24, 2.45) is 0 Å². The lowest BCUT2D eigenvalue weighted by molar-refractivity contribution is -0.130. The fourth-order valence-electron chi connectivity index (χ4n) is 2.84. The highest BCUT2D eigenvalue weighted by molar-refractivity contribution is 5.99. The molecule has 1 saturated heterocycles. The summed E-state index contributed by atoms with van der Waals surface area (Å²) in [5.74, 6) is -0.0700. The van der Waals surface area contributed by atoms with E-state index in [2.05, 4.69) is 16.0 Å². The van der Waals surface area contributed by atoms with Gasteiger partial charge in [0.2, 0.25) is 5.91 Å². The Bertz CT molecular complexity index is 741. The first-order valence-corrected chi connectivity index (χ1v) is 8.77. The summed E-state index contributed by atoms with van der Waals surface area (Å²) in [4.78, 5) is 24.1. The number of hydrogen-bond acceptors (Lipinski definition) is 3. The highest BCUT2D eigenvalue weighted by Crippen LogP contribution is 2.18. The quantitative estimate of drug-likeness (QED) is 0.767. The number of nitrogens with one attached hydrogen (secondary N) is 3. The standard InChI is InChI=1S/C20H23N3O3/c1-14(21-19(24)18-8-5-13-26-18)15-9-11-17(12-10-15)23-20(25)22-16-6-3-2-4-7-16/h2-4,6-7,9-12,14,18H,5,8,13H2,1H3,(H,21,24)(H2,22,23,25)/t14-,18+/m1/s1. The minimum atomic E-state index is -0.333. The van der Waals surface area contributed by atoms with Crippen molar-refractivity contribution in [3.05, 3.63) is 60.2 Å². The number of carbonyl (C=O) groups excluding carboxylic acids is 2. The molecule has 2 aromatic carbocycles. The van der Waals surface area contributed by atoms with Gasteiger partial charge in [-0.3, -0.25) is 4.79 Å². The normalized spacial score (nSPS) is 17.3. The summed E-state index contributed by atoms with van der Waals surface area (Å²) >= 11 is 0. The molecule has 1 aliphatic heterocycles. The van der Waals surface area contributed by atoms with Gasteiger partial charge in [0.05, 0.1) is 6.04 Å². The second kappa shape index (κ2) is 8.49. The van der Waals surface area contributed by atoms with Gasteiger partial charge < -0.3 is 20.7 Å². The molecule has 26 heavy (non-hydrogen) atoms. The molecular weight excluding hydrogens is 330 g/mol. The number of hydrogen-bond donors (Lipinski definition) is 3. The number of benzene rings is 2. The molecule has 3 rings (SSSR count). The Morgan fingerprint density at radius 3 is 2.27 bits per heavy atom. The summed E-state index contributed by atoms with van der Waals surface area (Å²) in [6.07, 6.45) is 1.37. The SMILES string of the molecule is C[C@@H](NC(=O)[C@@H]1CCCO1)c1ccc(NC(=O)Nc2ccccc2)cc1. The van der Waals surface area contributed by atoms with Crippen LogP contribution < -0.4 is 16.0 Å². The molecule has 0 bridgehead atoms. The van der Waals surface area contributed by atoms with Gasteiger partial charge >= 0.3 is 6.03 Å². The molecule has 6 heteroatoms. The van der Waals surface area contributed by atoms with Gasteiger partial charge in [-0.25, -0.2) is 4.79 Å². The topological polar surface area (TPSA) is 79.5 Å². The van der Waals surface area contributed by atoms with Gasteiger partial charge in [0, 0.05) is 18.0 Å². The van der Waals surface area contributed by atoms with Crippen molar-refractivity contribution in [2.45, 2.75) is 31.9 Å². The number of ether oxygens (including phenoxy) is 1. The summed E-state index contributed by atoms with van der Waals surface area (Å²) in [5.41, 5.74) is 2.37. The van der Waals surface area contributed by atoms with Crippen LogP contribution in [0.3, 0.4) is 0 Å². The maximum Gasteiger partial charge on any atom is 0.323 e. The van der Waals surface area contributed by atoms with Crippen molar-refractivity contribution in [1.82, 2.24) is 5.32 Å². The molecule has 3 N–H and O–H groups in total. The van der Waals surface area contributed by atoms with Crippen LogP contribution in [-0.4, -0.2) is 24.6 Å². The molecular formula is C20H23N3O3. The van der Waals surface area contributed by atoms with Gasteiger partial charge in [-0.15, -0.1) is 0 Å². The number of amides is 3. The summed E-state index contributed by atoms with van der Waals surface area (Å²) in [5, 5.41) is 8.52. The fraction of sp³-hybridized carbons (Fsp3) is 0.300. The molecule has 1 heterocycles. The third kappa shape index (κ3) is 4.83. The van der Waals surface area contributed by atoms with Gasteiger partial charge in [-0.1, -0.05) is 30.3 Å². The maximum absolute atomic E-state index is 12.1. The van der Waals surface area contributed by atoms with Gasteiger partial charge in [-0.2, -0.15) is 0 Å². The van der Waals surface area contributed by atoms with Crippen LogP contribution in [0, 0.1) is 0 Å². The number of anilines is 2. The third-order valence-electron chi connectivity index (χ3n) is 4.28. The first-order chi connectivity index (χ1) is 12.6. The van der Waals surface area contributed by atoms with E-state index in [0.717, 1.165) is 24.1 Å². The fourth-order valence-corrected chi connectivity index (χ4v) is 2.84. The van der Waals surface area contributed by atoms with Crippen molar-refractivity contribution in [2.75, 3.05) is 17.2 Å². The number of carbonyl (C=O) groups is 2. The molecule has 0 unspecified atom stereocenters. The van der Waals surface area contributed by atoms with E-state index >= 15 is 0 Å². The zero-order valence-electron chi connectivity index (χ0n) is 14.7. The molecule has 0 spiro atoms. The summed E-state index contributed by atoms with van der Waals surface area (Å²) in [7, 11) is 0. The van der Waals surface area contributed by atoms with Gasteiger partial charge in [0.15, 0.2) is 0 Å². The molecule has 3 amide bonds. The average Bonchev–Trinajstić information content (AvgIpc) is 3.18. The second-order valence-corrected chi connectivity index (χ2v) is 6.30. The lowest BCUT2D eigenvalue weighted by atomic mass is 10.1. The van der Waals surface area contributed by atoms with Crippen molar-refractivity contribution < 1.29 is 14.3 Å². The van der Waals surface area contributed by atoms with E-state index < -0.39 is 0 Å². The van der Waals surface area contributed by atoms with Crippen LogP contribution in [0.2, 0.25) is 0 Å². The molecule has 6 nitrogen and oxygen atoms in total. The van der Waals surface area contributed by atoms with Crippen molar-refractivity contribution in [3.8, 4) is 0 Å². The summed E-state index contributed by atoms with van der Waals surface area (Å²) in [6.45, 7) is 2.58. The minimum Gasteiger partial charge on any atom is -0.368 e.